The third kappa shape index (κ3) is 5.07. The molecule has 3 rings (SSSR count). The second kappa shape index (κ2) is 9.00. The zero-order chi connectivity index (χ0) is 19.2. The summed E-state index contributed by atoms with van der Waals surface area (Å²) in [6, 6.07) is 14.8. The van der Waals surface area contributed by atoms with Crippen LogP contribution in [-0.2, 0) is 6.42 Å². The molecule has 0 saturated heterocycles. The van der Waals surface area contributed by atoms with E-state index in [-0.39, 0.29) is 0 Å². The molecule has 1 aliphatic rings. The summed E-state index contributed by atoms with van der Waals surface area (Å²) in [6.07, 6.45) is 4.16. The fraction of sp³-hybridized carbons (Fsp3) is 0.364. The number of hydrogen-bond donors (Lipinski definition) is 2. The summed E-state index contributed by atoms with van der Waals surface area (Å²) in [5, 5.41) is 7.92. The fourth-order valence-corrected chi connectivity index (χ4v) is 3.55. The molecule has 0 aliphatic carbocycles. The van der Waals surface area contributed by atoms with E-state index in [2.05, 4.69) is 71.8 Å². The van der Waals surface area contributed by atoms with Crippen LogP contribution >= 0.6 is 12.2 Å². The van der Waals surface area contributed by atoms with Crippen molar-refractivity contribution in [2.75, 3.05) is 23.3 Å². The molecule has 0 bridgehead atoms. The van der Waals surface area contributed by atoms with Crippen LogP contribution in [0.3, 0.4) is 0 Å². The normalized spacial score (nSPS) is 13.7. The highest BCUT2D eigenvalue weighted by atomic mass is 32.1. The Balaban J connectivity index is 1.56. The molecule has 0 radical (unpaired) electrons. The van der Waals surface area contributed by atoms with Gasteiger partial charge in [-0.3, -0.25) is 5.43 Å². The van der Waals surface area contributed by atoms with E-state index >= 15 is 0 Å². The minimum atomic E-state index is 0.485. The summed E-state index contributed by atoms with van der Waals surface area (Å²) in [7, 11) is 0. The van der Waals surface area contributed by atoms with Crippen LogP contribution in [0.15, 0.2) is 47.6 Å². The van der Waals surface area contributed by atoms with Crippen molar-refractivity contribution in [3.63, 3.8) is 0 Å². The number of nitrogens with zero attached hydrogens (tertiary/aromatic N) is 2. The van der Waals surface area contributed by atoms with E-state index in [0.717, 1.165) is 30.8 Å². The Hall–Kier alpha value is -2.40. The number of thiocarbonyl (C=S) groups is 1. The van der Waals surface area contributed by atoms with Crippen LogP contribution in [0.4, 0.5) is 11.4 Å². The Kier molecular flexibility index (Phi) is 6.45. The van der Waals surface area contributed by atoms with Gasteiger partial charge in [-0.05, 0) is 78.9 Å². The van der Waals surface area contributed by atoms with Crippen molar-refractivity contribution in [1.29, 1.82) is 0 Å². The maximum absolute atomic E-state index is 5.32. The summed E-state index contributed by atoms with van der Waals surface area (Å²) in [5.74, 6) is 0.523. The van der Waals surface area contributed by atoms with E-state index in [4.69, 9.17) is 12.2 Å². The molecule has 27 heavy (non-hydrogen) atoms. The highest BCUT2D eigenvalue weighted by molar-refractivity contribution is 7.80. The summed E-state index contributed by atoms with van der Waals surface area (Å²) >= 11 is 5.32. The number of aryl methyl sites for hydroxylation is 1. The van der Waals surface area contributed by atoms with Crippen molar-refractivity contribution in [2.45, 2.75) is 39.5 Å². The van der Waals surface area contributed by atoms with Gasteiger partial charge < -0.3 is 10.2 Å². The number of benzene rings is 2. The number of rotatable bonds is 5. The van der Waals surface area contributed by atoms with Crippen molar-refractivity contribution in [3.8, 4) is 0 Å². The zero-order valence-electron chi connectivity index (χ0n) is 16.3. The zero-order valence-corrected chi connectivity index (χ0v) is 17.1. The predicted molar refractivity (Wildman–Crippen MR) is 120 cm³/mol. The minimum absolute atomic E-state index is 0.485. The summed E-state index contributed by atoms with van der Waals surface area (Å²) < 4.78 is 0. The lowest BCUT2D eigenvalue weighted by atomic mass is 9.99. The van der Waals surface area contributed by atoms with E-state index in [1.54, 1.807) is 0 Å². The fourth-order valence-electron chi connectivity index (χ4n) is 3.38. The summed E-state index contributed by atoms with van der Waals surface area (Å²) in [4.78, 5) is 2.43. The molecule has 0 unspecified atom stereocenters. The second-order valence-corrected chi connectivity index (χ2v) is 7.58. The Morgan fingerprint density at radius 2 is 2.00 bits per heavy atom. The Bertz CT molecular complexity index is 812. The van der Waals surface area contributed by atoms with Crippen molar-refractivity contribution < 1.29 is 0 Å². The van der Waals surface area contributed by atoms with Gasteiger partial charge in [-0.25, -0.2) is 0 Å². The number of hydrogen-bond acceptors (Lipinski definition) is 3. The smallest absolute Gasteiger partial charge is 0.191 e. The SMILES string of the molecule is CCN1CCCc2cc(C=NNC(=S)Nc3ccc(C(C)C)cc3)ccc21. The molecule has 4 nitrogen and oxygen atoms in total. The molecular formula is C22H28N4S. The van der Waals surface area contributed by atoms with Crippen LogP contribution in [0.5, 0.6) is 0 Å². The average Bonchev–Trinajstić information content (AvgIpc) is 2.67. The van der Waals surface area contributed by atoms with Gasteiger partial charge in [0.1, 0.15) is 0 Å². The van der Waals surface area contributed by atoms with Gasteiger partial charge >= 0.3 is 0 Å². The molecule has 1 heterocycles. The Morgan fingerprint density at radius 3 is 2.70 bits per heavy atom. The first kappa shape index (κ1) is 19.4. The molecule has 2 aromatic carbocycles. The van der Waals surface area contributed by atoms with Crippen LogP contribution in [0.1, 0.15) is 49.8 Å². The van der Waals surface area contributed by atoms with Gasteiger partial charge in [-0.15, -0.1) is 0 Å². The van der Waals surface area contributed by atoms with Crippen molar-refractivity contribution in [2.24, 2.45) is 5.10 Å². The first-order valence-corrected chi connectivity index (χ1v) is 10.1. The molecule has 0 saturated carbocycles. The number of anilines is 2. The molecule has 5 heteroatoms. The van der Waals surface area contributed by atoms with Crippen LogP contribution in [0, 0.1) is 0 Å². The van der Waals surface area contributed by atoms with Crippen molar-refractivity contribution in [1.82, 2.24) is 5.43 Å². The summed E-state index contributed by atoms with van der Waals surface area (Å²) in [5.41, 5.74) is 9.01. The van der Waals surface area contributed by atoms with Crippen LogP contribution < -0.4 is 15.6 Å². The van der Waals surface area contributed by atoms with Crippen LogP contribution in [-0.4, -0.2) is 24.4 Å². The molecule has 0 atom stereocenters. The molecule has 1 aliphatic heterocycles. The second-order valence-electron chi connectivity index (χ2n) is 7.17. The van der Waals surface area contributed by atoms with Gasteiger partial charge in [0.15, 0.2) is 5.11 Å². The van der Waals surface area contributed by atoms with E-state index in [9.17, 15) is 0 Å². The lowest BCUT2D eigenvalue weighted by Crippen LogP contribution is -2.28. The third-order valence-corrected chi connectivity index (χ3v) is 5.11. The molecule has 0 fully saturated rings. The highest BCUT2D eigenvalue weighted by Crippen LogP contribution is 2.27. The highest BCUT2D eigenvalue weighted by Gasteiger charge is 2.15. The maximum Gasteiger partial charge on any atom is 0.191 e. The Morgan fingerprint density at radius 1 is 1.22 bits per heavy atom. The quantitative estimate of drug-likeness (QED) is 0.439. The minimum Gasteiger partial charge on any atom is -0.372 e. The lowest BCUT2D eigenvalue weighted by molar-refractivity contribution is 0.708. The van der Waals surface area contributed by atoms with E-state index in [1.807, 2.05) is 18.3 Å². The molecule has 2 aromatic rings. The van der Waals surface area contributed by atoms with E-state index in [1.165, 1.54) is 23.2 Å². The predicted octanol–water partition coefficient (Wildman–Crippen LogP) is 4.90. The topological polar surface area (TPSA) is 39.7 Å². The first-order valence-electron chi connectivity index (χ1n) is 9.64. The number of hydrazone groups is 1. The van der Waals surface area contributed by atoms with Gasteiger partial charge in [-0.2, -0.15) is 5.10 Å². The van der Waals surface area contributed by atoms with E-state index < -0.39 is 0 Å². The Labute approximate surface area is 167 Å². The largest absolute Gasteiger partial charge is 0.372 e. The molecule has 0 aromatic heterocycles. The molecule has 2 N–H and O–H groups in total. The van der Waals surface area contributed by atoms with Gasteiger partial charge in [0.2, 0.25) is 0 Å². The number of nitrogens with one attached hydrogen (secondary N) is 2. The monoisotopic (exact) mass is 380 g/mol. The van der Waals surface area contributed by atoms with Crippen molar-refractivity contribution >= 4 is 34.9 Å². The standard InChI is InChI=1S/C22H28N4S/c1-4-26-13-5-6-19-14-17(7-12-21(19)26)15-23-25-22(27)24-20-10-8-18(9-11-20)16(2)3/h7-12,14-16H,4-6,13H2,1-3H3,(H2,24,25,27). The average molecular weight is 381 g/mol. The first-order chi connectivity index (χ1) is 13.1. The maximum atomic E-state index is 5.32. The molecule has 142 valence electrons. The van der Waals surface area contributed by atoms with Gasteiger partial charge in [0.05, 0.1) is 6.21 Å². The summed E-state index contributed by atoms with van der Waals surface area (Å²) in [6.45, 7) is 8.78. The van der Waals surface area contributed by atoms with Gasteiger partial charge in [0, 0.05) is 24.5 Å². The van der Waals surface area contributed by atoms with Crippen LogP contribution in [0.25, 0.3) is 0 Å². The molecule has 0 amide bonds. The van der Waals surface area contributed by atoms with Crippen LogP contribution in [0.2, 0.25) is 0 Å². The van der Waals surface area contributed by atoms with Gasteiger partial charge in [-0.1, -0.05) is 32.0 Å². The van der Waals surface area contributed by atoms with Gasteiger partial charge in [0.25, 0.3) is 0 Å². The number of fused-ring (bicyclic) bond motifs is 1. The lowest BCUT2D eigenvalue weighted by Gasteiger charge is -2.30. The molecule has 0 spiro atoms. The van der Waals surface area contributed by atoms with Crippen molar-refractivity contribution in [3.05, 3.63) is 59.2 Å². The third-order valence-electron chi connectivity index (χ3n) is 4.92. The van der Waals surface area contributed by atoms with E-state index in [0.29, 0.717) is 11.0 Å². The molecular weight excluding hydrogens is 352 g/mol.